The van der Waals surface area contributed by atoms with Crippen LogP contribution in [0.25, 0.3) is 11.0 Å². The Labute approximate surface area is 196 Å². The molecule has 0 radical (unpaired) electrons. The van der Waals surface area contributed by atoms with Crippen molar-refractivity contribution in [2.24, 2.45) is 0 Å². The number of pyridine rings is 1. The first kappa shape index (κ1) is 21.6. The molecule has 1 aliphatic heterocycles. The number of rotatable bonds is 5. The molecular formula is C26H25N5O3. The smallest absolute Gasteiger partial charge is 0.332 e. The summed E-state index contributed by atoms with van der Waals surface area (Å²) >= 11 is 0. The summed E-state index contributed by atoms with van der Waals surface area (Å²) in [6.45, 7) is 2.57. The van der Waals surface area contributed by atoms with Crippen molar-refractivity contribution in [1.29, 1.82) is 0 Å². The molecule has 1 amide bonds. The predicted molar refractivity (Wildman–Crippen MR) is 131 cm³/mol. The Balaban J connectivity index is 1.42. The molecule has 0 spiro atoms. The molecule has 3 heterocycles. The van der Waals surface area contributed by atoms with E-state index in [1.165, 1.54) is 10.8 Å². The number of hydrogen-bond acceptors (Lipinski definition) is 5. The summed E-state index contributed by atoms with van der Waals surface area (Å²) in [7, 11) is 0. The number of amides is 1. The highest BCUT2D eigenvalue weighted by molar-refractivity contribution is 5.80. The van der Waals surface area contributed by atoms with E-state index < -0.39 is 11.2 Å². The number of nitrogens with zero attached hydrogens (tertiary/aromatic N) is 5. The third-order valence-electron chi connectivity index (χ3n) is 6.22. The van der Waals surface area contributed by atoms with E-state index in [0.29, 0.717) is 18.6 Å². The Hall–Kier alpha value is -4.20. The van der Waals surface area contributed by atoms with Gasteiger partial charge < -0.3 is 9.80 Å². The quantitative estimate of drug-likeness (QED) is 0.460. The maximum atomic E-state index is 13.4. The lowest BCUT2D eigenvalue weighted by Gasteiger charge is -2.36. The van der Waals surface area contributed by atoms with Gasteiger partial charge in [-0.15, -0.1) is 0 Å². The lowest BCUT2D eigenvalue weighted by molar-refractivity contribution is -0.132. The van der Waals surface area contributed by atoms with Crippen LogP contribution in [0.3, 0.4) is 0 Å². The molecule has 2 aromatic heterocycles. The molecule has 0 saturated carbocycles. The number of para-hydroxylation sites is 1. The number of carbonyl (C=O) groups is 1. The van der Waals surface area contributed by atoms with Crippen molar-refractivity contribution in [3.05, 3.63) is 105 Å². The van der Waals surface area contributed by atoms with Crippen LogP contribution in [-0.4, -0.2) is 51.1 Å². The van der Waals surface area contributed by atoms with E-state index in [4.69, 9.17) is 0 Å². The molecule has 1 saturated heterocycles. The Morgan fingerprint density at radius 2 is 1.47 bits per heavy atom. The van der Waals surface area contributed by atoms with Crippen molar-refractivity contribution < 1.29 is 4.79 Å². The fourth-order valence-electron chi connectivity index (χ4n) is 4.39. The van der Waals surface area contributed by atoms with Crippen molar-refractivity contribution in [3.63, 3.8) is 0 Å². The van der Waals surface area contributed by atoms with Crippen LogP contribution < -0.4 is 16.1 Å². The summed E-state index contributed by atoms with van der Waals surface area (Å²) in [5.74, 6) is -0.148. The molecule has 1 aliphatic rings. The molecule has 0 atom stereocenters. The van der Waals surface area contributed by atoms with Crippen molar-refractivity contribution in [1.82, 2.24) is 19.0 Å². The maximum absolute atomic E-state index is 13.4. The summed E-state index contributed by atoms with van der Waals surface area (Å²) in [6.07, 6.45) is 1.52. The monoisotopic (exact) mass is 455 g/mol. The Morgan fingerprint density at radius 3 is 2.18 bits per heavy atom. The number of benzene rings is 2. The molecule has 8 heteroatoms. The normalized spacial score (nSPS) is 13.9. The molecule has 1 fully saturated rings. The van der Waals surface area contributed by atoms with Crippen LogP contribution >= 0.6 is 0 Å². The highest BCUT2D eigenvalue weighted by Gasteiger charge is 2.23. The van der Waals surface area contributed by atoms with Gasteiger partial charge in [0.15, 0.2) is 5.52 Å². The average Bonchev–Trinajstić information content (AvgIpc) is 2.90. The topological polar surface area (TPSA) is 80.4 Å². The SMILES string of the molecule is O=C(Cn1c(=O)n(Cc2ccccc2)c(=O)c2ncccc21)N1CCN(c2ccccc2)CC1. The Kier molecular flexibility index (Phi) is 5.95. The highest BCUT2D eigenvalue weighted by atomic mass is 16.2. The molecular weight excluding hydrogens is 430 g/mol. The summed E-state index contributed by atoms with van der Waals surface area (Å²) in [4.78, 5) is 47.9. The van der Waals surface area contributed by atoms with E-state index in [9.17, 15) is 14.4 Å². The van der Waals surface area contributed by atoms with E-state index in [1.807, 2.05) is 48.5 Å². The van der Waals surface area contributed by atoms with Gasteiger partial charge >= 0.3 is 5.69 Å². The van der Waals surface area contributed by atoms with Crippen molar-refractivity contribution in [2.75, 3.05) is 31.1 Å². The van der Waals surface area contributed by atoms with Gasteiger partial charge in [0.1, 0.15) is 6.54 Å². The van der Waals surface area contributed by atoms with Crippen LogP contribution in [0.2, 0.25) is 0 Å². The summed E-state index contributed by atoms with van der Waals surface area (Å²) in [5.41, 5.74) is 1.55. The average molecular weight is 456 g/mol. The number of carbonyl (C=O) groups excluding carboxylic acids is 1. The Morgan fingerprint density at radius 1 is 0.794 bits per heavy atom. The van der Waals surface area contributed by atoms with Crippen molar-refractivity contribution in [2.45, 2.75) is 13.1 Å². The lowest BCUT2D eigenvalue weighted by atomic mass is 10.2. The van der Waals surface area contributed by atoms with Gasteiger partial charge in [-0.3, -0.25) is 18.7 Å². The zero-order chi connectivity index (χ0) is 23.5. The van der Waals surface area contributed by atoms with Crippen LogP contribution in [0.1, 0.15) is 5.56 Å². The van der Waals surface area contributed by atoms with Crippen LogP contribution in [0.15, 0.2) is 88.6 Å². The van der Waals surface area contributed by atoms with Gasteiger partial charge in [0.2, 0.25) is 5.91 Å². The summed E-state index contributed by atoms with van der Waals surface area (Å²) in [5, 5.41) is 0. The maximum Gasteiger partial charge on any atom is 0.332 e. The van der Waals surface area contributed by atoms with Crippen molar-refractivity contribution in [3.8, 4) is 0 Å². The third-order valence-corrected chi connectivity index (χ3v) is 6.22. The summed E-state index contributed by atoms with van der Waals surface area (Å²) < 4.78 is 2.53. The lowest BCUT2D eigenvalue weighted by Crippen LogP contribution is -2.51. The molecule has 0 bridgehead atoms. The first-order valence-electron chi connectivity index (χ1n) is 11.3. The van der Waals surface area contributed by atoms with Crippen LogP contribution in [-0.2, 0) is 17.9 Å². The third kappa shape index (κ3) is 4.22. The standard InChI is InChI=1S/C26H25N5O3/c32-23(29-16-14-28(15-17-29)21-10-5-2-6-11-21)19-30-22-12-7-13-27-24(22)25(33)31(26(30)34)18-20-8-3-1-4-9-20/h1-13H,14-19H2. The minimum absolute atomic E-state index is 0.120. The summed E-state index contributed by atoms with van der Waals surface area (Å²) in [6, 6.07) is 22.8. The number of hydrogen-bond donors (Lipinski definition) is 0. The number of fused-ring (bicyclic) bond motifs is 1. The second-order valence-corrected chi connectivity index (χ2v) is 8.32. The van der Waals surface area contributed by atoms with E-state index in [1.54, 1.807) is 17.0 Å². The fourth-order valence-corrected chi connectivity index (χ4v) is 4.39. The van der Waals surface area contributed by atoms with E-state index in [-0.39, 0.29) is 24.5 Å². The van der Waals surface area contributed by atoms with Gasteiger partial charge in [-0.05, 0) is 29.8 Å². The minimum Gasteiger partial charge on any atom is -0.368 e. The molecule has 0 aliphatic carbocycles. The van der Waals surface area contributed by atoms with Gasteiger partial charge in [0.05, 0.1) is 12.1 Å². The van der Waals surface area contributed by atoms with Crippen LogP contribution in [0, 0.1) is 0 Å². The molecule has 34 heavy (non-hydrogen) atoms. The van der Waals surface area contributed by atoms with E-state index in [0.717, 1.165) is 28.9 Å². The zero-order valence-corrected chi connectivity index (χ0v) is 18.7. The van der Waals surface area contributed by atoms with Gasteiger partial charge in [-0.1, -0.05) is 48.5 Å². The van der Waals surface area contributed by atoms with Gasteiger partial charge in [-0.2, -0.15) is 0 Å². The molecule has 0 unspecified atom stereocenters. The number of aromatic nitrogens is 3. The first-order valence-corrected chi connectivity index (χ1v) is 11.3. The zero-order valence-electron chi connectivity index (χ0n) is 18.7. The number of anilines is 1. The largest absolute Gasteiger partial charge is 0.368 e. The molecule has 2 aromatic carbocycles. The highest BCUT2D eigenvalue weighted by Crippen LogP contribution is 2.16. The second-order valence-electron chi connectivity index (χ2n) is 8.32. The predicted octanol–water partition coefficient (Wildman–Crippen LogP) is 1.96. The van der Waals surface area contributed by atoms with E-state index in [2.05, 4.69) is 22.0 Å². The molecule has 172 valence electrons. The molecule has 0 N–H and O–H groups in total. The fraction of sp³-hybridized carbons (Fsp3) is 0.231. The molecule has 8 nitrogen and oxygen atoms in total. The van der Waals surface area contributed by atoms with Gasteiger partial charge in [0.25, 0.3) is 5.56 Å². The number of piperazine rings is 1. The molecule has 5 rings (SSSR count). The first-order chi connectivity index (χ1) is 16.6. The second kappa shape index (κ2) is 9.35. The van der Waals surface area contributed by atoms with Gasteiger partial charge in [0, 0.05) is 38.1 Å². The van der Waals surface area contributed by atoms with Gasteiger partial charge in [-0.25, -0.2) is 9.78 Å². The van der Waals surface area contributed by atoms with Crippen molar-refractivity contribution >= 4 is 22.6 Å². The van der Waals surface area contributed by atoms with E-state index >= 15 is 0 Å². The Bertz CT molecular complexity index is 1420. The van der Waals surface area contributed by atoms with Crippen LogP contribution in [0.4, 0.5) is 5.69 Å². The van der Waals surface area contributed by atoms with Crippen LogP contribution in [0.5, 0.6) is 0 Å². The minimum atomic E-state index is -0.509. The molecule has 4 aromatic rings.